The smallest absolute Gasteiger partial charge is 0.191 e. The molecular formula is C13H27N3. The molecule has 3 heteroatoms. The summed E-state index contributed by atoms with van der Waals surface area (Å²) < 4.78 is 0. The fraction of sp³-hybridized carbons (Fsp3) is 0.923. The Morgan fingerprint density at radius 2 is 2.19 bits per heavy atom. The second-order valence-electron chi connectivity index (χ2n) is 4.99. The van der Waals surface area contributed by atoms with Crippen LogP contribution in [-0.2, 0) is 0 Å². The Kier molecular flexibility index (Phi) is 6.27. The van der Waals surface area contributed by atoms with Gasteiger partial charge in [-0.2, -0.15) is 0 Å². The van der Waals surface area contributed by atoms with Crippen molar-refractivity contribution in [1.82, 2.24) is 4.90 Å². The second-order valence-corrected chi connectivity index (χ2v) is 4.99. The van der Waals surface area contributed by atoms with Crippen LogP contribution in [-0.4, -0.2) is 30.5 Å². The third kappa shape index (κ3) is 4.86. The van der Waals surface area contributed by atoms with Crippen LogP contribution in [0.2, 0.25) is 0 Å². The summed E-state index contributed by atoms with van der Waals surface area (Å²) in [5, 5.41) is 0. The van der Waals surface area contributed by atoms with Gasteiger partial charge in [0.05, 0.1) is 0 Å². The van der Waals surface area contributed by atoms with Crippen LogP contribution < -0.4 is 5.73 Å². The first-order valence-corrected chi connectivity index (χ1v) is 6.79. The van der Waals surface area contributed by atoms with Crippen LogP contribution in [0.4, 0.5) is 0 Å². The van der Waals surface area contributed by atoms with Gasteiger partial charge in [0.1, 0.15) is 0 Å². The molecule has 1 aliphatic rings. The standard InChI is InChI=1S/C13H27N3/c1-3-4-5-6-9-15-13(14)16-10-7-8-12(2)11-16/h12H,3-11H2,1-2H3,(H2,14,15). The van der Waals surface area contributed by atoms with Crippen LogP contribution in [0.25, 0.3) is 0 Å². The van der Waals surface area contributed by atoms with Gasteiger partial charge in [-0.1, -0.05) is 33.1 Å². The molecule has 1 fully saturated rings. The molecule has 0 aromatic carbocycles. The Morgan fingerprint density at radius 3 is 2.88 bits per heavy atom. The summed E-state index contributed by atoms with van der Waals surface area (Å²) in [6.45, 7) is 7.60. The van der Waals surface area contributed by atoms with Crippen molar-refractivity contribution in [3.63, 3.8) is 0 Å². The third-order valence-corrected chi connectivity index (χ3v) is 3.27. The largest absolute Gasteiger partial charge is 0.370 e. The van der Waals surface area contributed by atoms with E-state index < -0.39 is 0 Å². The van der Waals surface area contributed by atoms with Gasteiger partial charge in [-0.15, -0.1) is 0 Å². The van der Waals surface area contributed by atoms with E-state index in [1.165, 1.54) is 38.5 Å². The number of hydrogen-bond acceptors (Lipinski definition) is 1. The zero-order valence-corrected chi connectivity index (χ0v) is 10.9. The molecule has 0 aliphatic carbocycles. The van der Waals surface area contributed by atoms with Gasteiger partial charge >= 0.3 is 0 Å². The normalized spacial score (nSPS) is 22.5. The van der Waals surface area contributed by atoms with Crippen LogP contribution in [0, 0.1) is 5.92 Å². The maximum atomic E-state index is 6.00. The van der Waals surface area contributed by atoms with E-state index in [1.54, 1.807) is 0 Å². The first-order chi connectivity index (χ1) is 7.74. The van der Waals surface area contributed by atoms with Crippen molar-refractivity contribution in [2.45, 2.75) is 52.4 Å². The maximum absolute atomic E-state index is 6.00. The summed E-state index contributed by atoms with van der Waals surface area (Å²) in [7, 11) is 0. The van der Waals surface area contributed by atoms with Crippen LogP contribution >= 0.6 is 0 Å². The fourth-order valence-electron chi connectivity index (χ4n) is 2.23. The Balaban J connectivity index is 2.21. The van der Waals surface area contributed by atoms with Gasteiger partial charge in [0.25, 0.3) is 0 Å². The van der Waals surface area contributed by atoms with E-state index >= 15 is 0 Å². The number of piperidine rings is 1. The molecule has 1 rings (SSSR count). The summed E-state index contributed by atoms with van der Waals surface area (Å²) in [4.78, 5) is 6.72. The molecule has 1 unspecified atom stereocenters. The Morgan fingerprint density at radius 1 is 1.38 bits per heavy atom. The van der Waals surface area contributed by atoms with Gasteiger partial charge in [0.15, 0.2) is 5.96 Å². The zero-order chi connectivity index (χ0) is 11.8. The van der Waals surface area contributed by atoms with E-state index in [0.717, 1.165) is 31.5 Å². The van der Waals surface area contributed by atoms with E-state index in [-0.39, 0.29) is 0 Å². The first kappa shape index (κ1) is 13.3. The molecule has 1 saturated heterocycles. The molecule has 2 N–H and O–H groups in total. The quantitative estimate of drug-likeness (QED) is 0.444. The molecule has 0 saturated carbocycles. The van der Waals surface area contributed by atoms with Gasteiger partial charge in [-0.3, -0.25) is 4.99 Å². The molecule has 0 amide bonds. The number of unbranched alkanes of at least 4 members (excludes halogenated alkanes) is 3. The molecule has 0 radical (unpaired) electrons. The number of likely N-dealkylation sites (tertiary alicyclic amines) is 1. The molecule has 16 heavy (non-hydrogen) atoms. The Bertz CT molecular complexity index is 213. The number of guanidine groups is 1. The molecule has 1 aliphatic heterocycles. The van der Waals surface area contributed by atoms with Crippen molar-refractivity contribution >= 4 is 5.96 Å². The molecule has 1 heterocycles. The van der Waals surface area contributed by atoms with Crippen LogP contribution in [0.1, 0.15) is 52.4 Å². The van der Waals surface area contributed by atoms with Crippen LogP contribution in [0.15, 0.2) is 4.99 Å². The van der Waals surface area contributed by atoms with Gasteiger partial charge < -0.3 is 10.6 Å². The highest BCUT2D eigenvalue weighted by atomic mass is 15.3. The summed E-state index contributed by atoms with van der Waals surface area (Å²) in [5.74, 6) is 1.53. The van der Waals surface area contributed by atoms with E-state index in [2.05, 4.69) is 23.7 Å². The number of nitrogens with two attached hydrogens (primary N) is 1. The Labute approximate surface area is 100 Å². The highest BCUT2D eigenvalue weighted by molar-refractivity contribution is 5.78. The maximum Gasteiger partial charge on any atom is 0.191 e. The van der Waals surface area contributed by atoms with Gasteiger partial charge in [0.2, 0.25) is 0 Å². The molecule has 1 atom stereocenters. The minimum atomic E-state index is 0.766. The van der Waals surface area contributed by atoms with Crippen LogP contribution in [0.3, 0.4) is 0 Å². The third-order valence-electron chi connectivity index (χ3n) is 3.27. The summed E-state index contributed by atoms with van der Waals surface area (Å²) in [6, 6.07) is 0. The SMILES string of the molecule is CCCCCCN=C(N)N1CCCC(C)C1. The second kappa shape index (κ2) is 7.53. The fourth-order valence-corrected chi connectivity index (χ4v) is 2.23. The van der Waals surface area contributed by atoms with Gasteiger partial charge in [-0.05, 0) is 25.2 Å². The van der Waals surface area contributed by atoms with E-state index in [0.29, 0.717) is 0 Å². The lowest BCUT2D eigenvalue weighted by atomic mass is 10.0. The van der Waals surface area contributed by atoms with E-state index in [4.69, 9.17) is 5.73 Å². The molecule has 94 valence electrons. The van der Waals surface area contributed by atoms with Crippen molar-refractivity contribution in [3.8, 4) is 0 Å². The molecule has 0 aromatic heterocycles. The molecule has 3 nitrogen and oxygen atoms in total. The number of aliphatic imine (C=N–C) groups is 1. The summed E-state index contributed by atoms with van der Waals surface area (Å²) in [5.41, 5.74) is 6.00. The van der Waals surface area contributed by atoms with Gasteiger partial charge in [-0.25, -0.2) is 0 Å². The molecule has 0 spiro atoms. The van der Waals surface area contributed by atoms with Gasteiger partial charge in [0, 0.05) is 19.6 Å². The average Bonchev–Trinajstić information content (AvgIpc) is 2.28. The zero-order valence-electron chi connectivity index (χ0n) is 10.9. The minimum absolute atomic E-state index is 0.766. The highest BCUT2D eigenvalue weighted by Gasteiger charge is 2.17. The summed E-state index contributed by atoms with van der Waals surface area (Å²) in [6.07, 6.45) is 7.65. The van der Waals surface area contributed by atoms with Crippen molar-refractivity contribution in [1.29, 1.82) is 0 Å². The highest BCUT2D eigenvalue weighted by Crippen LogP contribution is 2.14. The number of nitrogens with zero attached hydrogens (tertiary/aromatic N) is 2. The predicted molar refractivity (Wildman–Crippen MR) is 70.6 cm³/mol. The first-order valence-electron chi connectivity index (χ1n) is 6.79. The molecule has 0 aromatic rings. The van der Waals surface area contributed by atoms with Crippen molar-refractivity contribution < 1.29 is 0 Å². The number of hydrogen-bond donors (Lipinski definition) is 1. The lowest BCUT2D eigenvalue weighted by Gasteiger charge is -2.31. The lowest BCUT2D eigenvalue weighted by Crippen LogP contribution is -2.43. The van der Waals surface area contributed by atoms with E-state index in [1.807, 2.05) is 0 Å². The van der Waals surface area contributed by atoms with E-state index in [9.17, 15) is 0 Å². The van der Waals surface area contributed by atoms with Crippen LogP contribution in [0.5, 0.6) is 0 Å². The monoisotopic (exact) mass is 225 g/mol. The minimum Gasteiger partial charge on any atom is -0.370 e. The molecule has 0 bridgehead atoms. The average molecular weight is 225 g/mol. The summed E-state index contributed by atoms with van der Waals surface area (Å²) >= 11 is 0. The van der Waals surface area contributed by atoms with Crippen molar-refractivity contribution in [3.05, 3.63) is 0 Å². The molecular weight excluding hydrogens is 198 g/mol. The predicted octanol–water partition coefficient (Wildman–Crippen LogP) is 2.61. The van der Waals surface area contributed by atoms with Crippen molar-refractivity contribution in [2.24, 2.45) is 16.6 Å². The Hall–Kier alpha value is -0.730. The van der Waals surface area contributed by atoms with Crippen molar-refractivity contribution in [2.75, 3.05) is 19.6 Å². The topological polar surface area (TPSA) is 41.6 Å². The number of rotatable bonds is 5. The lowest BCUT2D eigenvalue weighted by molar-refractivity contribution is 0.270.